The van der Waals surface area contributed by atoms with Gasteiger partial charge in [-0.2, -0.15) is 0 Å². The molecule has 1 aromatic rings. The molecule has 1 heterocycles. The molecule has 1 aliphatic carbocycles. The van der Waals surface area contributed by atoms with Gasteiger partial charge in [0.15, 0.2) is 11.5 Å². The molecule has 0 unspecified atom stereocenters. The third kappa shape index (κ3) is 2.98. The van der Waals surface area contributed by atoms with Crippen molar-refractivity contribution < 1.29 is 24.2 Å². The molecule has 0 radical (unpaired) electrons. The maximum atomic E-state index is 12.5. The molecule has 1 fully saturated rings. The molecule has 23 heavy (non-hydrogen) atoms. The van der Waals surface area contributed by atoms with Crippen LogP contribution in [0.1, 0.15) is 49.4 Å². The molecule has 0 bridgehead atoms. The quantitative estimate of drug-likeness (QED) is 0.891. The molecule has 1 amide bonds. The highest BCUT2D eigenvalue weighted by atomic mass is 16.7. The number of carbonyl (C=O) groups is 2. The van der Waals surface area contributed by atoms with Crippen molar-refractivity contribution in [3.63, 3.8) is 0 Å². The Balaban J connectivity index is 1.75. The van der Waals surface area contributed by atoms with Crippen molar-refractivity contribution in [3.8, 4) is 11.5 Å². The molecule has 1 saturated carbocycles. The van der Waals surface area contributed by atoms with Gasteiger partial charge >= 0.3 is 5.97 Å². The van der Waals surface area contributed by atoms with Gasteiger partial charge in [0.05, 0.1) is 0 Å². The molecule has 1 aromatic carbocycles. The molecule has 0 atom stereocenters. The number of ether oxygens (including phenoxy) is 2. The van der Waals surface area contributed by atoms with Gasteiger partial charge in [-0.3, -0.25) is 4.79 Å². The van der Waals surface area contributed by atoms with Crippen molar-refractivity contribution in [2.45, 2.75) is 44.6 Å². The Morgan fingerprint density at radius 3 is 2.61 bits per heavy atom. The Kier molecular flexibility index (Phi) is 4.15. The first-order valence-corrected chi connectivity index (χ1v) is 7.99. The maximum absolute atomic E-state index is 12.5. The number of nitrogens with one attached hydrogen (secondary N) is 1. The summed E-state index contributed by atoms with van der Waals surface area (Å²) in [6.07, 6.45) is 3.63. The summed E-state index contributed by atoms with van der Waals surface area (Å²) < 4.78 is 10.5. The van der Waals surface area contributed by atoms with E-state index in [1.807, 2.05) is 0 Å². The largest absolute Gasteiger partial charge is 0.480 e. The number of carboxylic acids is 1. The molecule has 1 aliphatic heterocycles. The minimum Gasteiger partial charge on any atom is -0.480 e. The standard InChI is InChI=1S/C17H21NO5/c1-2-11-5-7-17(8-6-11,16(20)21)18-15(19)12-3-4-13-14(9-12)23-10-22-13/h3-4,9,11H,2,5-8,10H2,1H3,(H,18,19)(H,20,21). The molecule has 3 rings (SSSR count). The fourth-order valence-electron chi connectivity index (χ4n) is 3.30. The van der Waals surface area contributed by atoms with E-state index in [4.69, 9.17) is 9.47 Å². The van der Waals surface area contributed by atoms with E-state index in [0.717, 1.165) is 19.3 Å². The molecule has 2 aliphatic rings. The van der Waals surface area contributed by atoms with Crippen LogP contribution in [0.4, 0.5) is 0 Å². The minimum atomic E-state index is -1.17. The number of hydrogen-bond donors (Lipinski definition) is 2. The van der Waals surface area contributed by atoms with Crippen molar-refractivity contribution in [1.29, 1.82) is 0 Å². The highest BCUT2D eigenvalue weighted by molar-refractivity contribution is 5.98. The van der Waals surface area contributed by atoms with Crippen molar-refractivity contribution in [2.24, 2.45) is 5.92 Å². The molecule has 6 nitrogen and oxygen atoms in total. The number of hydrogen-bond acceptors (Lipinski definition) is 4. The van der Waals surface area contributed by atoms with Crippen molar-refractivity contribution in [3.05, 3.63) is 23.8 Å². The zero-order valence-electron chi connectivity index (χ0n) is 13.1. The summed E-state index contributed by atoms with van der Waals surface area (Å²) in [6, 6.07) is 4.87. The van der Waals surface area contributed by atoms with Gasteiger partial charge in [0.1, 0.15) is 5.54 Å². The number of carboxylic acid groups (broad SMARTS) is 1. The van der Waals surface area contributed by atoms with Crippen molar-refractivity contribution in [2.75, 3.05) is 6.79 Å². The second-order valence-electron chi connectivity index (χ2n) is 6.26. The van der Waals surface area contributed by atoms with Gasteiger partial charge in [0.2, 0.25) is 6.79 Å². The molecule has 124 valence electrons. The van der Waals surface area contributed by atoms with Crippen molar-refractivity contribution in [1.82, 2.24) is 5.32 Å². The van der Waals surface area contributed by atoms with E-state index in [1.54, 1.807) is 18.2 Å². The topological polar surface area (TPSA) is 84.9 Å². The normalized spacial score (nSPS) is 25.9. The highest BCUT2D eigenvalue weighted by Crippen LogP contribution is 2.35. The predicted octanol–water partition coefficient (Wildman–Crippen LogP) is 2.57. The lowest BCUT2D eigenvalue weighted by molar-refractivity contribution is -0.146. The van der Waals surface area contributed by atoms with Gasteiger partial charge in [-0.25, -0.2) is 4.79 Å². The fraction of sp³-hybridized carbons (Fsp3) is 0.529. The first-order valence-electron chi connectivity index (χ1n) is 7.99. The van der Waals surface area contributed by atoms with E-state index in [0.29, 0.717) is 35.8 Å². The smallest absolute Gasteiger partial charge is 0.329 e. The summed E-state index contributed by atoms with van der Waals surface area (Å²) in [5.41, 5.74) is -0.786. The molecular formula is C17H21NO5. The zero-order chi connectivity index (χ0) is 16.4. The van der Waals surface area contributed by atoms with Gasteiger partial charge in [0, 0.05) is 5.56 Å². The molecule has 0 spiro atoms. The van der Waals surface area contributed by atoms with Crippen LogP contribution < -0.4 is 14.8 Å². The van der Waals surface area contributed by atoms with Crippen LogP contribution in [0, 0.1) is 5.92 Å². The first kappa shape index (κ1) is 15.6. The number of rotatable bonds is 4. The average Bonchev–Trinajstić information content (AvgIpc) is 3.02. The van der Waals surface area contributed by atoms with Crippen LogP contribution >= 0.6 is 0 Å². The van der Waals surface area contributed by atoms with Gasteiger partial charge in [-0.05, 0) is 49.8 Å². The fourth-order valence-corrected chi connectivity index (χ4v) is 3.30. The molecule has 2 N–H and O–H groups in total. The summed E-state index contributed by atoms with van der Waals surface area (Å²) in [5, 5.41) is 12.4. The first-order chi connectivity index (χ1) is 11.0. The highest BCUT2D eigenvalue weighted by Gasteiger charge is 2.43. The van der Waals surface area contributed by atoms with E-state index in [1.165, 1.54) is 0 Å². The van der Waals surface area contributed by atoms with Crippen LogP contribution in [0.15, 0.2) is 18.2 Å². The van der Waals surface area contributed by atoms with Crippen LogP contribution in [0.2, 0.25) is 0 Å². The van der Waals surface area contributed by atoms with E-state index in [-0.39, 0.29) is 12.7 Å². The second kappa shape index (κ2) is 6.10. The molecule has 0 saturated heterocycles. The summed E-state index contributed by atoms with van der Waals surface area (Å²) in [5.74, 6) is 0.307. The summed E-state index contributed by atoms with van der Waals surface area (Å²) in [7, 11) is 0. The number of amides is 1. The van der Waals surface area contributed by atoms with E-state index < -0.39 is 11.5 Å². The predicted molar refractivity (Wildman–Crippen MR) is 82.6 cm³/mol. The molecular weight excluding hydrogens is 298 g/mol. The van der Waals surface area contributed by atoms with Crippen molar-refractivity contribution >= 4 is 11.9 Å². The number of fused-ring (bicyclic) bond motifs is 1. The molecule has 0 aromatic heterocycles. The van der Waals surface area contributed by atoms with Gasteiger partial charge < -0.3 is 19.9 Å². The Hall–Kier alpha value is -2.24. The zero-order valence-corrected chi connectivity index (χ0v) is 13.1. The number of aliphatic carboxylic acids is 1. The average molecular weight is 319 g/mol. The third-order valence-electron chi connectivity index (χ3n) is 4.93. The van der Waals surface area contributed by atoms with Gasteiger partial charge in [-0.1, -0.05) is 13.3 Å². The van der Waals surface area contributed by atoms with Crippen LogP contribution in [-0.4, -0.2) is 29.3 Å². The summed E-state index contributed by atoms with van der Waals surface area (Å²) >= 11 is 0. The Bertz CT molecular complexity index is 619. The van der Waals surface area contributed by atoms with E-state index in [2.05, 4.69) is 12.2 Å². The number of carbonyl (C=O) groups excluding carboxylic acids is 1. The number of benzene rings is 1. The van der Waals surface area contributed by atoms with E-state index in [9.17, 15) is 14.7 Å². The minimum absolute atomic E-state index is 0.137. The Morgan fingerprint density at radius 1 is 1.26 bits per heavy atom. The van der Waals surface area contributed by atoms with Gasteiger partial charge in [-0.15, -0.1) is 0 Å². The van der Waals surface area contributed by atoms with Crippen LogP contribution in [0.25, 0.3) is 0 Å². The Morgan fingerprint density at radius 2 is 1.96 bits per heavy atom. The summed E-state index contributed by atoms with van der Waals surface area (Å²) in [6.45, 7) is 2.25. The Labute approximate surface area is 134 Å². The van der Waals surface area contributed by atoms with Crippen LogP contribution in [0.3, 0.4) is 0 Å². The lowest BCUT2D eigenvalue weighted by atomic mass is 9.75. The third-order valence-corrected chi connectivity index (χ3v) is 4.93. The monoisotopic (exact) mass is 319 g/mol. The maximum Gasteiger partial charge on any atom is 0.329 e. The lowest BCUT2D eigenvalue weighted by Crippen LogP contribution is -2.56. The van der Waals surface area contributed by atoms with Crippen LogP contribution in [-0.2, 0) is 4.79 Å². The summed E-state index contributed by atoms with van der Waals surface area (Å²) in [4.78, 5) is 24.3. The SMILES string of the molecule is CCC1CCC(NC(=O)c2ccc3c(c2)OCO3)(C(=O)O)CC1. The van der Waals surface area contributed by atoms with E-state index >= 15 is 0 Å². The van der Waals surface area contributed by atoms with Gasteiger partial charge in [0.25, 0.3) is 5.91 Å². The lowest BCUT2D eigenvalue weighted by Gasteiger charge is -2.37. The second-order valence-corrected chi connectivity index (χ2v) is 6.26. The molecule has 6 heteroatoms. The van der Waals surface area contributed by atoms with Crippen LogP contribution in [0.5, 0.6) is 11.5 Å².